The number of rotatable bonds is 9. The largest absolute Gasteiger partial charge is 0.385 e. The summed E-state index contributed by atoms with van der Waals surface area (Å²) in [4.78, 5) is 4.30. The van der Waals surface area contributed by atoms with E-state index in [-0.39, 0.29) is 0 Å². The molecule has 0 N–H and O–H groups in total. The first-order valence-corrected chi connectivity index (χ1v) is 7.07. The van der Waals surface area contributed by atoms with Gasteiger partial charge in [0.15, 0.2) is 5.16 Å². The number of hydrogen-bond acceptors (Lipinski definition) is 4. The van der Waals surface area contributed by atoms with Crippen LogP contribution < -0.4 is 0 Å². The topological polar surface area (TPSA) is 36.3 Å². The summed E-state index contributed by atoms with van der Waals surface area (Å²) >= 11 is 7.46. The van der Waals surface area contributed by atoms with Gasteiger partial charge < -0.3 is 14.0 Å². The van der Waals surface area contributed by atoms with E-state index in [0.29, 0.717) is 5.88 Å². The summed E-state index contributed by atoms with van der Waals surface area (Å²) in [6.45, 7) is 2.24. The first-order chi connectivity index (χ1) is 8.29. The van der Waals surface area contributed by atoms with Crippen LogP contribution in [-0.4, -0.2) is 42.2 Å². The molecule has 1 aromatic heterocycles. The Hall–Kier alpha value is -0.230. The highest BCUT2D eigenvalue weighted by molar-refractivity contribution is 7.99. The Kier molecular flexibility index (Phi) is 7.68. The molecule has 0 amide bonds. The first-order valence-electron chi connectivity index (χ1n) is 5.55. The Labute approximate surface area is 112 Å². The molecule has 0 fully saturated rings. The fourth-order valence-electron chi connectivity index (χ4n) is 1.28. The van der Waals surface area contributed by atoms with E-state index in [1.807, 2.05) is 17.8 Å². The minimum atomic E-state index is 0.498. The molecule has 0 unspecified atom stereocenters. The van der Waals surface area contributed by atoms with Crippen molar-refractivity contribution in [2.75, 3.05) is 32.7 Å². The second-order valence-corrected chi connectivity index (χ2v) is 4.86. The van der Waals surface area contributed by atoms with Crippen LogP contribution in [0, 0.1) is 0 Å². The highest BCUT2D eigenvalue weighted by Gasteiger charge is 2.05. The minimum Gasteiger partial charge on any atom is -0.385 e. The Morgan fingerprint density at radius 1 is 1.41 bits per heavy atom. The molecule has 1 rings (SSSR count). The molecule has 1 aromatic rings. The van der Waals surface area contributed by atoms with E-state index in [9.17, 15) is 0 Å². The van der Waals surface area contributed by atoms with E-state index in [0.717, 1.165) is 42.8 Å². The van der Waals surface area contributed by atoms with Gasteiger partial charge in [0.2, 0.25) is 0 Å². The molecule has 6 heteroatoms. The third kappa shape index (κ3) is 5.29. The van der Waals surface area contributed by atoms with Crippen molar-refractivity contribution < 1.29 is 9.47 Å². The number of nitrogens with zero attached hydrogens (tertiary/aromatic N) is 2. The summed E-state index contributed by atoms with van der Waals surface area (Å²) < 4.78 is 12.4. The molecule has 0 aliphatic rings. The zero-order chi connectivity index (χ0) is 12.5. The second-order valence-electron chi connectivity index (χ2n) is 3.53. The zero-order valence-corrected chi connectivity index (χ0v) is 11.9. The standard InChI is InChI=1S/C11H19ClN2O2S/c1-14-10(8-12)9-13-11(14)17-7-6-16-5-3-4-15-2/h9H,3-8H2,1-2H3. The van der Waals surface area contributed by atoms with Gasteiger partial charge in [-0.05, 0) is 6.42 Å². The smallest absolute Gasteiger partial charge is 0.168 e. The molecule has 0 aromatic carbocycles. The van der Waals surface area contributed by atoms with Crippen molar-refractivity contribution in [1.82, 2.24) is 9.55 Å². The minimum absolute atomic E-state index is 0.498. The fourth-order valence-corrected chi connectivity index (χ4v) is 2.35. The van der Waals surface area contributed by atoms with Crippen molar-refractivity contribution in [2.24, 2.45) is 7.05 Å². The van der Waals surface area contributed by atoms with Crippen LogP contribution in [-0.2, 0) is 22.4 Å². The SMILES string of the molecule is COCCCOCCSc1ncc(CCl)n1C. The molecule has 0 radical (unpaired) electrons. The molecule has 4 nitrogen and oxygen atoms in total. The normalized spacial score (nSPS) is 11.0. The van der Waals surface area contributed by atoms with Crippen LogP contribution in [0.3, 0.4) is 0 Å². The van der Waals surface area contributed by atoms with E-state index in [4.69, 9.17) is 21.1 Å². The molecular weight excluding hydrogens is 260 g/mol. The number of imidazole rings is 1. The summed E-state index contributed by atoms with van der Waals surface area (Å²) in [5.41, 5.74) is 1.04. The van der Waals surface area contributed by atoms with Gasteiger partial charge in [-0.15, -0.1) is 11.6 Å². The summed E-state index contributed by atoms with van der Waals surface area (Å²) in [5, 5.41) is 0.987. The molecule has 0 aliphatic carbocycles. The third-order valence-corrected chi connectivity index (χ3v) is 3.56. The fraction of sp³-hybridized carbons (Fsp3) is 0.727. The molecule has 0 saturated carbocycles. The van der Waals surface area contributed by atoms with E-state index in [2.05, 4.69) is 4.98 Å². The molecule has 0 atom stereocenters. The van der Waals surface area contributed by atoms with Crippen LogP contribution in [0.2, 0.25) is 0 Å². The lowest BCUT2D eigenvalue weighted by Gasteiger charge is -2.05. The number of ether oxygens (including phenoxy) is 2. The lowest BCUT2D eigenvalue weighted by Crippen LogP contribution is -2.03. The quantitative estimate of drug-likeness (QED) is 0.395. The van der Waals surface area contributed by atoms with E-state index < -0.39 is 0 Å². The van der Waals surface area contributed by atoms with Crippen molar-refractivity contribution in [1.29, 1.82) is 0 Å². The number of halogens is 1. The molecule has 0 saturated heterocycles. The van der Waals surface area contributed by atoms with Gasteiger partial charge in [-0.3, -0.25) is 0 Å². The third-order valence-electron chi connectivity index (χ3n) is 2.27. The van der Waals surface area contributed by atoms with Gasteiger partial charge in [-0.1, -0.05) is 11.8 Å². The highest BCUT2D eigenvalue weighted by Crippen LogP contribution is 2.17. The molecule has 1 heterocycles. The molecule has 0 aliphatic heterocycles. The molecule has 98 valence electrons. The maximum absolute atomic E-state index is 5.77. The average molecular weight is 279 g/mol. The molecule has 0 bridgehead atoms. The van der Waals surface area contributed by atoms with Crippen molar-refractivity contribution >= 4 is 23.4 Å². The lowest BCUT2D eigenvalue weighted by molar-refractivity contribution is 0.113. The molecular formula is C11H19ClN2O2S. The van der Waals surface area contributed by atoms with Gasteiger partial charge in [0.1, 0.15) is 0 Å². The zero-order valence-electron chi connectivity index (χ0n) is 10.3. The summed E-state index contributed by atoms with van der Waals surface area (Å²) in [7, 11) is 3.68. The van der Waals surface area contributed by atoms with Gasteiger partial charge >= 0.3 is 0 Å². The van der Waals surface area contributed by atoms with Crippen molar-refractivity contribution in [2.45, 2.75) is 17.5 Å². The lowest BCUT2D eigenvalue weighted by atomic mass is 10.5. The maximum atomic E-state index is 5.77. The van der Waals surface area contributed by atoms with Gasteiger partial charge in [0, 0.05) is 33.1 Å². The maximum Gasteiger partial charge on any atom is 0.168 e. The van der Waals surface area contributed by atoms with Crippen LogP contribution in [0.1, 0.15) is 12.1 Å². The van der Waals surface area contributed by atoms with Crippen LogP contribution >= 0.6 is 23.4 Å². The molecule has 17 heavy (non-hydrogen) atoms. The predicted octanol–water partition coefficient (Wildman–Crippen LogP) is 2.30. The van der Waals surface area contributed by atoms with Crippen LogP contribution in [0.5, 0.6) is 0 Å². The molecule has 0 spiro atoms. The highest BCUT2D eigenvalue weighted by atomic mass is 35.5. The van der Waals surface area contributed by atoms with E-state index in [1.165, 1.54) is 0 Å². The van der Waals surface area contributed by atoms with Crippen LogP contribution in [0.25, 0.3) is 0 Å². The summed E-state index contributed by atoms with van der Waals surface area (Å²) in [6, 6.07) is 0. The Balaban J connectivity index is 2.11. The van der Waals surface area contributed by atoms with Crippen LogP contribution in [0.15, 0.2) is 11.4 Å². The van der Waals surface area contributed by atoms with Gasteiger partial charge in [-0.25, -0.2) is 4.98 Å². The second kappa shape index (κ2) is 8.80. The average Bonchev–Trinajstić information content (AvgIpc) is 2.69. The summed E-state index contributed by atoms with van der Waals surface area (Å²) in [5.74, 6) is 1.40. The number of alkyl halides is 1. The monoisotopic (exact) mass is 278 g/mol. The van der Waals surface area contributed by atoms with Crippen molar-refractivity contribution in [3.8, 4) is 0 Å². The van der Waals surface area contributed by atoms with Crippen molar-refractivity contribution in [3.63, 3.8) is 0 Å². The van der Waals surface area contributed by atoms with E-state index in [1.54, 1.807) is 18.9 Å². The Bertz CT molecular complexity index is 320. The van der Waals surface area contributed by atoms with Gasteiger partial charge in [-0.2, -0.15) is 0 Å². The number of thioether (sulfide) groups is 1. The first kappa shape index (κ1) is 14.8. The Morgan fingerprint density at radius 3 is 2.88 bits per heavy atom. The number of hydrogen-bond donors (Lipinski definition) is 0. The predicted molar refractivity (Wildman–Crippen MR) is 70.8 cm³/mol. The van der Waals surface area contributed by atoms with Gasteiger partial charge in [0.25, 0.3) is 0 Å². The number of aromatic nitrogens is 2. The summed E-state index contributed by atoms with van der Waals surface area (Å²) in [6.07, 6.45) is 2.76. The van der Waals surface area contributed by atoms with E-state index >= 15 is 0 Å². The van der Waals surface area contributed by atoms with Gasteiger partial charge in [0.05, 0.1) is 24.4 Å². The Morgan fingerprint density at radius 2 is 2.24 bits per heavy atom. The van der Waals surface area contributed by atoms with Crippen molar-refractivity contribution in [3.05, 3.63) is 11.9 Å². The van der Waals surface area contributed by atoms with Crippen LogP contribution in [0.4, 0.5) is 0 Å². The number of methoxy groups -OCH3 is 1.